The molecule has 0 spiro atoms. The van der Waals surface area contributed by atoms with E-state index in [0.29, 0.717) is 34.0 Å². The molecule has 11 heteroatoms. The molecular formula is C21H30ClN7O2S. The predicted octanol–water partition coefficient (Wildman–Crippen LogP) is 3.97. The number of anilines is 3. The molecule has 1 aromatic heterocycles. The highest BCUT2D eigenvalue weighted by atomic mass is 35.5. The predicted molar refractivity (Wildman–Crippen MR) is 128 cm³/mol. The lowest BCUT2D eigenvalue weighted by Gasteiger charge is -2.39. The number of nitrogens with zero attached hydrogens (tertiary/aromatic N) is 4. The van der Waals surface area contributed by atoms with Crippen molar-refractivity contribution < 1.29 is 9.53 Å². The number of piperidine rings is 1. The number of carbonyl (C=O) groups excluding carboxylic acids is 1. The molecular weight excluding hydrogens is 450 g/mol. The molecule has 1 aromatic carbocycles. The largest absolute Gasteiger partial charge is 0.444 e. The smallest absolute Gasteiger partial charge is 0.407 e. The molecule has 0 bridgehead atoms. The summed E-state index contributed by atoms with van der Waals surface area (Å²) >= 11 is 7.53. The maximum absolute atomic E-state index is 12.0. The molecule has 2 heterocycles. The van der Waals surface area contributed by atoms with Gasteiger partial charge in [-0.3, -0.25) is 0 Å². The third-order valence-electron chi connectivity index (χ3n) is 5.18. The Morgan fingerprint density at radius 2 is 1.97 bits per heavy atom. The summed E-state index contributed by atoms with van der Waals surface area (Å²) in [7, 11) is 0. The van der Waals surface area contributed by atoms with Crippen LogP contribution >= 0.6 is 23.4 Å². The summed E-state index contributed by atoms with van der Waals surface area (Å²) in [6.45, 7) is 9.72. The zero-order valence-corrected chi connectivity index (χ0v) is 20.4. The minimum absolute atomic E-state index is 0.0356. The number of amides is 1. The van der Waals surface area contributed by atoms with Crippen LogP contribution in [0.15, 0.2) is 28.1 Å². The Morgan fingerprint density at radius 3 is 2.59 bits per heavy atom. The topological polar surface area (TPSA) is 132 Å². The van der Waals surface area contributed by atoms with Gasteiger partial charge in [0.2, 0.25) is 5.95 Å². The van der Waals surface area contributed by atoms with E-state index in [1.165, 1.54) is 11.8 Å². The van der Waals surface area contributed by atoms with Crippen LogP contribution in [-0.2, 0) is 4.74 Å². The molecule has 174 valence electrons. The Kier molecular flexibility index (Phi) is 7.24. The highest BCUT2D eigenvalue weighted by Crippen LogP contribution is 2.37. The maximum atomic E-state index is 12.0. The number of hydrogen-bond acceptors (Lipinski definition) is 9. The number of carbonyl (C=O) groups is 1. The molecule has 1 aliphatic heterocycles. The van der Waals surface area contributed by atoms with Crippen molar-refractivity contribution >= 4 is 46.9 Å². The van der Waals surface area contributed by atoms with Gasteiger partial charge in [0, 0.05) is 24.5 Å². The molecule has 0 unspecified atom stereocenters. The number of rotatable bonds is 5. The van der Waals surface area contributed by atoms with E-state index in [2.05, 4.69) is 32.3 Å². The number of nitrogens with one attached hydrogen (secondary N) is 1. The number of benzene rings is 1. The van der Waals surface area contributed by atoms with Gasteiger partial charge in [-0.15, -0.1) is 10.2 Å². The maximum Gasteiger partial charge on any atom is 0.407 e. The number of nitrogens with two attached hydrogens (primary N) is 2. The van der Waals surface area contributed by atoms with Gasteiger partial charge in [0.15, 0.2) is 10.8 Å². The molecule has 0 saturated carbocycles. The number of hydrogen-bond donors (Lipinski definition) is 3. The van der Waals surface area contributed by atoms with Gasteiger partial charge < -0.3 is 26.4 Å². The van der Waals surface area contributed by atoms with Gasteiger partial charge in [-0.2, -0.15) is 4.98 Å². The first kappa shape index (κ1) is 24.2. The Morgan fingerprint density at radius 1 is 1.28 bits per heavy atom. The number of alkyl carbamates (subject to hydrolysis) is 1. The molecule has 1 fully saturated rings. The third-order valence-corrected chi connectivity index (χ3v) is 6.76. The highest BCUT2D eigenvalue weighted by Gasteiger charge is 2.32. The van der Waals surface area contributed by atoms with Crippen molar-refractivity contribution in [3.8, 4) is 0 Å². The fourth-order valence-electron chi connectivity index (χ4n) is 3.26. The van der Waals surface area contributed by atoms with Crippen LogP contribution < -0.4 is 21.7 Å². The Labute approximate surface area is 197 Å². The quantitative estimate of drug-likeness (QED) is 0.544. The summed E-state index contributed by atoms with van der Waals surface area (Å²) in [5, 5.41) is 12.4. The second-order valence-corrected chi connectivity index (χ2v) is 10.6. The molecule has 0 radical (unpaired) electrons. The Hall–Kier alpha value is -2.46. The van der Waals surface area contributed by atoms with Crippen LogP contribution in [0.4, 0.5) is 22.2 Å². The highest BCUT2D eigenvalue weighted by molar-refractivity contribution is 7.99. The van der Waals surface area contributed by atoms with E-state index in [1.807, 2.05) is 32.9 Å². The molecule has 2 aromatic rings. The standard InChI is InChI=1S/C21H30ClN7O2S/c1-20(2,3)31-19(30)25-12-21(4)8-10-29(11-9-21)18-26-16(24)17(27-28-18)32-14-7-5-6-13(23)15(14)22/h5-7H,8-12,23H2,1-4H3,(H,25,30)(H2,24,26,28). The normalized spacial score (nSPS) is 16.0. The summed E-state index contributed by atoms with van der Waals surface area (Å²) < 4.78 is 5.33. The lowest BCUT2D eigenvalue weighted by Crippen LogP contribution is -2.46. The molecule has 1 amide bonds. The molecule has 1 aliphatic rings. The number of halogens is 1. The van der Waals surface area contributed by atoms with Crippen LogP contribution in [0, 0.1) is 5.41 Å². The van der Waals surface area contributed by atoms with Crippen molar-refractivity contribution in [3.05, 3.63) is 23.2 Å². The number of aromatic nitrogens is 3. The lowest BCUT2D eigenvalue weighted by atomic mass is 9.80. The average molecular weight is 480 g/mol. The van der Waals surface area contributed by atoms with Crippen molar-refractivity contribution in [2.75, 3.05) is 36.0 Å². The van der Waals surface area contributed by atoms with Gasteiger partial charge in [-0.05, 0) is 51.2 Å². The van der Waals surface area contributed by atoms with E-state index in [9.17, 15) is 4.79 Å². The zero-order valence-electron chi connectivity index (χ0n) is 18.8. The molecule has 5 N–H and O–H groups in total. The van der Waals surface area contributed by atoms with Crippen molar-refractivity contribution in [2.24, 2.45) is 5.41 Å². The molecule has 3 rings (SSSR count). The van der Waals surface area contributed by atoms with Gasteiger partial charge in [-0.25, -0.2) is 4.79 Å². The van der Waals surface area contributed by atoms with E-state index < -0.39 is 11.7 Å². The van der Waals surface area contributed by atoms with Crippen LogP contribution in [0.3, 0.4) is 0 Å². The number of ether oxygens (including phenoxy) is 1. The van der Waals surface area contributed by atoms with Gasteiger partial charge in [-0.1, -0.05) is 36.4 Å². The molecule has 9 nitrogen and oxygen atoms in total. The summed E-state index contributed by atoms with van der Waals surface area (Å²) in [6, 6.07) is 5.39. The minimum atomic E-state index is -0.512. The van der Waals surface area contributed by atoms with E-state index >= 15 is 0 Å². The summed E-state index contributed by atoms with van der Waals surface area (Å²) in [6.07, 6.45) is 1.33. The monoisotopic (exact) mass is 479 g/mol. The van der Waals surface area contributed by atoms with E-state index in [-0.39, 0.29) is 5.41 Å². The molecule has 0 aliphatic carbocycles. The summed E-state index contributed by atoms with van der Waals surface area (Å²) in [5.74, 6) is 0.783. The second-order valence-electron chi connectivity index (χ2n) is 9.22. The van der Waals surface area contributed by atoms with Crippen molar-refractivity contribution in [1.29, 1.82) is 0 Å². The first-order valence-electron chi connectivity index (χ1n) is 10.4. The molecule has 1 saturated heterocycles. The first-order valence-corrected chi connectivity index (χ1v) is 11.6. The molecule has 0 atom stereocenters. The fraction of sp³-hybridized carbons (Fsp3) is 0.524. The SMILES string of the molecule is CC1(CNC(=O)OC(C)(C)C)CCN(c2nnc(Sc3cccc(N)c3Cl)c(N)n2)CC1. The summed E-state index contributed by atoms with van der Waals surface area (Å²) in [5.41, 5.74) is 12.0. The fourth-order valence-corrected chi connectivity index (χ4v) is 4.30. The van der Waals surface area contributed by atoms with Crippen molar-refractivity contribution in [1.82, 2.24) is 20.5 Å². The Balaban J connectivity index is 1.58. The zero-order chi connectivity index (χ0) is 23.5. The van der Waals surface area contributed by atoms with Crippen molar-refractivity contribution in [2.45, 2.75) is 56.1 Å². The minimum Gasteiger partial charge on any atom is -0.444 e. The van der Waals surface area contributed by atoms with Crippen molar-refractivity contribution in [3.63, 3.8) is 0 Å². The Bertz CT molecular complexity index is 975. The lowest BCUT2D eigenvalue weighted by molar-refractivity contribution is 0.0495. The van der Waals surface area contributed by atoms with Gasteiger partial charge >= 0.3 is 6.09 Å². The van der Waals surface area contributed by atoms with Gasteiger partial charge in [0.1, 0.15) is 5.60 Å². The van der Waals surface area contributed by atoms with E-state index in [1.54, 1.807) is 6.07 Å². The first-order chi connectivity index (χ1) is 15.0. The van der Waals surface area contributed by atoms with Crippen LogP contribution in [0.25, 0.3) is 0 Å². The van der Waals surface area contributed by atoms with Crippen LogP contribution in [0.1, 0.15) is 40.5 Å². The second kappa shape index (κ2) is 9.58. The average Bonchev–Trinajstić information content (AvgIpc) is 2.71. The van der Waals surface area contributed by atoms with E-state index in [4.69, 9.17) is 27.8 Å². The van der Waals surface area contributed by atoms with Gasteiger partial charge in [0.25, 0.3) is 0 Å². The van der Waals surface area contributed by atoms with E-state index in [0.717, 1.165) is 30.8 Å². The molecule has 32 heavy (non-hydrogen) atoms. The number of nitrogen functional groups attached to an aromatic ring is 2. The van der Waals surface area contributed by atoms with Crippen LogP contribution in [-0.4, -0.2) is 46.5 Å². The van der Waals surface area contributed by atoms with Crippen LogP contribution in [0.2, 0.25) is 5.02 Å². The van der Waals surface area contributed by atoms with Crippen LogP contribution in [0.5, 0.6) is 0 Å². The summed E-state index contributed by atoms with van der Waals surface area (Å²) in [4.78, 5) is 19.2. The van der Waals surface area contributed by atoms with Gasteiger partial charge in [0.05, 0.1) is 10.7 Å². The third kappa shape index (κ3) is 6.29.